The van der Waals surface area contributed by atoms with Crippen molar-refractivity contribution < 1.29 is 14.7 Å². The Labute approximate surface area is 122 Å². The summed E-state index contributed by atoms with van der Waals surface area (Å²) in [5.41, 5.74) is -0.120. The largest absolute Gasteiger partial charge is 0.480 e. The molecule has 5 heteroatoms. The molecule has 1 fully saturated rings. The molecule has 1 aliphatic rings. The fraction of sp³-hybridized carbons (Fsp3) is 0.312. The molecule has 2 aromatic rings. The first-order chi connectivity index (χ1) is 10.1. The van der Waals surface area contributed by atoms with Crippen LogP contribution in [0.5, 0.6) is 0 Å². The topological polar surface area (TPSA) is 79.3 Å². The van der Waals surface area contributed by atoms with Gasteiger partial charge in [-0.15, -0.1) is 0 Å². The molecule has 0 bridgehead atoms. The van der Waals surface area contributed by atoms with Crippen molar-refractivity contribution in [1.29, 1.82) is 0 Å². The van der Waals surface area contributed by atoms with Crippen LogP contribution in [-0.2, 0) is 4.79 Å². The molecule has 0 atom stereocenters. The van der Waals surface area contributed by atoms with Gasteiger partial charge in [-0.05, 0) is 25.0 Å². The van der Waals surface area contributed by atoms with Gasteiger partial charge in [0.1, 0.15) is 5.54 Å². The third-order valence-corrected chi connectivity index (χ3v) is 4.10. The average molecular weight is 284 g/mol. The predicted molar refractivity (Wildman–Crippen MR) is 78.0 cm³/mol. The van der Waals surface area contributed by atoms with Crippen LogP contribution in [0.15, 0.2) is 36.5 Å². The first-order valence-electron chi connectivity index (χ1n) is 7.02. The number of amides is 1. The number of fused-ring (bicyclic) bond motifs is 1. The smallest absolute Gasteiger partial charge is 0.329 e. The molecule has 2 N–H and O–H groups in total. The molecule has 0 radical (unpaired) electrons. The molecule has 3 rings (SSSR count). The molecule has 5 nitrogen and oxygen atoms in total. The highest BCUT2D eigenvalue weighted by Gasteiger charge is 2.42. The number of aromatic nitrogens is 1. The molecule has 108 valence electrons. The summed E-state index contributed by atoms with van der Waals surface area (Å²) in [5, 5.41) is 13.0. The molecule has 1 amide bonds. The first-order valence-corrected chi connectivity index (χ1v) is 7.02. The van der Waals surface area contributed by atoms with Crippen molar-refractivity contribution in [3.05, 3.63) is 42.1 Å². The summed E-state index contributed by atoms with van der Waals surface area (Å²) >= 11 is 0. The minimum Gasteiger partial charge on any atom is -0.480 e. The van der Waals surface area contributed by atoms with E-state index in [1.807, 2.05) is 12.1 Å². The Morgan fingerprint density at radius 1 is 1.14 bits per heavy atom. The number of rotatable bonds is 3. The van der Waals surface area contributed by atoms with Crippen LogP contribution < -0.4 is 5.32 Å². The van der Waals surface area contributed by atoms with Crippen molar-refractivity contribution in [2.24, 2.45) is 0 Å². The van der Waals surface area contributed by atoms with E-state index in [2.05, 4.69) is 10.3 Å². The van der Waals surface area contributed by atoms with E-state index >= 15 is 0 Å². The number of carboxylic acids is 1. The Bertz CT molecular complexity index is 700. The molecule has 1 aromatic heterocycles. The maximum absolute atomic E-state index is 12.5. The van der Waals surface area contributed by atoms with Crippen molar-refractivity contribution >= 4 is 22.8 Å². The number of benzene rings is 1. The lowest BCUT2D eigenvalue weighted by Crippen LogP contribution is -2.52. The van der Waals surface area contributed by atoms with Crippen LogP contribution in [0.3, 0.4) is 0 Å². The lowest BCUT2D eigenvalue weighted by molar-refractivity contribution is -0.144. The lowest BCUT2D eigenvalue weighted by atomic mass is 9.97. The molecule has 0 saturated heterocycles. The number of carboxylic acid groups (broad SMARTS) is 1. The standard InChI is InChI=1S/C16H16N2O3/c19-14(18-16(15(20)21)8-1-2-9-16)12-7-3-5-11-6-4-10-17-13(11)12/h3-7,10H,1-2,8-9H2,(H,18,19)(H,20,21). The van der Waals surface area contributed by atoms with Gasteiger partial charge in [0.15, 0.2) is 0 Å². The summed E-state index contributed by atoms with van der Waals surface area (Å²) in [4.78, 5) is 28.3. The molecule has 1 heterocycles. The molecule has 21 heavy (non-hydrogen) atoms. The van der Waals surface area contributed by atoms with Crippen LogP contribution >= 0.6 is 0 Å². The average Bonchev–Trinajstić information content (AvgIpc) is 2.96. The van der Waals surface area contributed by atoms with Crippen molar-refractivity contribution in [1.82, 2.24) is 10.3 Å². The van der Waals surface area contributed by atoms with E-state index in [4.69, 9.17) is 0 Å². The molecule has 0 unspecified atom stereocenters. The van der Waals surface area contributed by atoms with Crippen LogP contribution in [0.25, 0.3) is 10.9 Å². The molecule has 1 aromatic carbocycles. The first kappa shape index (κ1) is 13.5. The van der Waals surface area contributed by atoms with E-state index in [1.54, 1.807) is 24.4 Å². The van der Waals surface area contributed by atoms with Crippen LogP contribution in [-0.4, -0.2) is 27.5 Å². The maximum atomic E-state index is 12.5. The highest BCUT2D eigenvalue weighted by atomic mass is 16.4. The highest BCUT2D eigenvalue weighted by Crippen LogP contribution is 2.30. The predicted octanol–water partition coefficient (Wildman–Crippen LogP) is 2.36. The molecule has 0 aliphatic heterocycles. The SMILES string of the molecule is O=C(NC1(C(=O)O)CCCC1)c1cccc2cccnc12. The van der Waals surface area contributed by atoms with Crippen LogP contribution in [0, 0.1) is 0 Å². The Morgan fingerprint density at radius 3 is 2.57 bits per heavy atom. The minimum atomic E-state index is -1.13. The van der Waals surface area contributed by atoms with E-state index in [9.17, 15) is 14.7 Å². The zero-order chi connectivity index (χ0) is 14.9. The van der Waals surface area contributed by atoms with Gasteiger partial charge >= 0.3 is 5.97 Å². The molecular formula is C16H16N2O3. The summed E-state index contributed by atoms with van der Waals surface area (Å²) in [5.74, 6) is -1.33. The van der Waals surface area contributed by atoms with E-state index in [0.717, 1.165) is 18.2 Å². The van der Waals surface area contributed by atoms with Gasteiger partial charge in [-0.3, -0.25) is 9.78 Å². The van der Waals surface area contributed by atoms with Crippen molar-refractivity contribution in [3.8, 4) is 0 Å². The number of hydrogen-bond acceptors (Lipinski definition) is 3. The number of aliphatic carboxylic acids is 1. The molecular weight excluding hydrogens is 268 g/mol. The molecule has 1 aliphatic carbocycles. The normalized spacial score (nSPS) is 16.8. The van der Waals surface area contributed by atoms with E-state index in [0.29, 0.717) is 23.9 Å². The number of nitrogens with zero attached hydrogens (tertiary/aromatic N) is 1. The third kappa shape index (κ3) is 2.35. The summed E-state index contributed by atoms with van der Waals surface area (Å²) in [6.45, 7) is 0. The Morgan fingerprint density at radius 2 is 1.86 bits per heavy atom. The third-order valence-electron chi connectivity index (χ3n) is 4.10. The Balaban J connectivity index is 1.96. The number of hydrogen-bond donors (Lipinski definition) is 2. The zero-order valence-electron chi connectivity index (χ0n) is 11.5. The second-order valence-electron chi connectivity index (χ2n) is 5.43. The van der Waals surface area contributed by atoms with Crippen LogP contribution in [0.4, 0.5) is 0 Å². The van der Waals surface area contributed by atoms with Gasteiger partial charge in [0.2, 0.25) is 0 Å². The second-order valence-corrected chi connectivity index (χ2v) is 5.43. The monoisotopic (exact) mass is 284 g/mol. The number of nitrogens with one attached hydrogen (secondary N) is 1. The van der Waals surface area contributed by atoms with Crippen molar-refractivity contribution in [3.63, 3.8) is 0 Å². The maximum Gasteiger partial charge on any atom is 0.329 e. The van der Waals surface area contributed by atoms with Crippen LogP contribution in [0.2, 0.25) is 0 Å². The minimum absolute atomic E-state index is 0.372. The van der Waals surface area contributed by atoms with E-state index in [1.165, 1.54) is 0 Å². The summed E-state index contributed by atoms with van der Waals surface area (Å²) < 4.78 is 0. The number of pyridine rings is 1. The number of para-hydroxylation sites is 1. The van der Waals surface area contributed by atoms with Gasteiger partial charge < -0.3 is 10.4 Å². The fourth-order valence-electron chi connectivity index (χ4n) is 2.94. The van der Waals surface area contributed by atoms with Gasteiger partial charge in [0.05, 0.1) is 11.1 Å². The van der Waals surface area contributed by atoms with E-state index in [-0.39, 0.29) is 5.91 Å². The number of carbonyl (C=O) groups excluding carboxylic acids is 1. The Hall–Kier alpha value is -2.43. The summed E-state index contributed by atoms with van der Waals surface area (Å²) in [6, 6.07) is 9.01. The van der Waals surface area contributed by atoms with Gasteiger partial charge in [0.25, 0.3) is 5.91 Å². The van der Waals surface area contributed by atoms with Gasteiger partial charge in [-0.2, -0.15) is 0 Å². The zero-order valence-corrected chi connectivity index (χ0v) is 11.5. The van der Waals surface area contributed by atoms with Crippen molar-refractivity contribution in [2.75, 3.05) is 0 Å². The van der Waals surface area contributed by atoms with E-state index < -0.39 is 11.5 Å². The van der Waals surface area contributed by atoms with Crippen molar-refractivity contribution in [2.45, 2.75) is 31.2 Å². The molecule has 0 spiro atoms. The highest BCUT2D eigenvalue weighted by molar-refractivity contribution is 6.07. The molecule has 1 saturated carbocycles. The Kier molecular flexibility index (Phi) is 3.33. The quantitative estimate of drug-likeness (QED) is 0.906. The van der Waals surface area contributed by atoms with Gasteiger partial charge in [0, 0.05) is 11.6 Å². The second kappa shape index (κ2) is 5.16. The lowest BCUT2D eigenvalue weighted by Gasteiger charge is -2.25. The van der Waals surface area contributed by atoms with Gasteiger partial charge in [-0.1, -0.05) is 31.0 Å². The summed E-state index contributed by atoms with van der Waals surface area (Å²) in [7, 11) is 0. The van der Waals surface area contributed by atoms with Gasteiger partial charge in [-0.25, -0.2) is 4.79 Å². The number of carbonyl (C=O) groups is 2. The summed E-state index contributed by atoms with van der Waals surface area (Å²) in [6.07, 6.45) is 4.22. The van der Waals surface area contributed by atoms with Crippen LogP contribution in [0.1, 0.15) is 36.0 Å². The fourth-order valence-corrected chi connectivity index (χ4v) is 2.94.